The summed E-state index contributed by atoms with van der Waals surface area (Å²) in [5.74, 6) is -0.225. The molecule has 1 heterocycles. The molecule has 2 aromatic rings. The van der Waals surface area contributed by atoms with E-state index < -0.39 is 0 Å². The highest BCUT2D eigenvalue weighted by molar-refractivity contribution is 5.72. The molecule has 4 heteroatoms. The van der Waals surface area contributed by atoms with Gasteiger partial charge in [0.05, 0.1) is 12.1 Å². The Labute approximate surface area is 99.8 Å². The molecule has 1 aromatic heterocycles. The van der Waals surface area contributed by atoms with Crippen LogP contribution in [0.3, 0.4) is 0 Å². The molecule has 2 rings (SSSR count). The average molecular weight is 230 g/mol. The second-order valence-corrected chi connectivity index (χ2v) is 3.77. The maximum absolute atomic E-state index is 11.6. The van der Waals surface area contributed by atoms with Crippen molar-refractivity contribution in [2.75, 3.05) is 0 Å². The zero-order valence-corrected chi connectivity index (χ0v) is 9.67. The predicted octanol–water partition coefficient (Wildman–Crippen LogP) is 1.71. The van der Waals surface area contributed by atoms with Gasteiger partial charge in [-0.05, 0) is 11.6 Å². The SMILES string of the molecule is Cn1nccc1COC(=O)Cc1ccccc1. The predicted molar refractivity (Wildman–Crippen MR) is 63.2 cm³/mol. The van der Waals surface area contributed by atoms with Crippen LogP contribution < -0.4 is 0 Å². The highest BCUT2D eigenvalue weighted by atomic mass is 16.5. The topological polar surface area (TPSA) is 44.1 Å². The smallest absolute Gasteiger partial charge is 0.310 e. The number of ether oxygens (including phenoxy) is 1. The molecule has 17 heavy (non-hydrogen) atoms. The molecule has 0 spiro atoms. The summed E-state index contributed by atoms with van der Waals surface area (Å²) in [4.78, 5) is 11.6. The Morgan fingerprint density at radius 3 is 2.71 bits per heavy atom. The first-order valence-corrected chi connectivity index (χ1v) is 5.42. The Balaban J connectivity index is 1.84. The van der Waals surface area contributed by atoms with Crippen molar-refractivity contribution in [3.8, 4) is 0 Å². The second-order valence-electron chi connectivity index (χ2n) is 3.77. The van der Waals surface area contributed by atoms with Crippen molar-refractivity contribution in [2.24, 2.45) is 7.05 Å². The van der Waals surface area contributed by atoms with Crippen molar-refractivity contribution in [1.82, 2.24) is 9.78 Å². The van der Waals surface area contributed by atoms with Gasteiger partial charge in [0.25, 0.3) is 0 Å². The Morgan fingerprint density at radius 1 is 1.29 bits per heavy atom. The lowest BCUT2D eigenvalue weighted by Gasteiger charge is -2.05. The van der Waals surface area contributed by atoms with Crippen molar-refractivity contribution in [1.29, 1.82) is 0 Å². The third-order valence-corrected chi connectivity index (χ3v) is 2.49. The molecule has 4 nitrogen and oxygen atoms in total. The summed E-state index contributed by atoms with van der Waals surface area (Å²) < 4.78 is 6.86. The molecule has 0 aliphatic rings. The van der Waals surface area contributed by atoms with Gasteiger partial charge >= 0.3 is 5.97 Å². The normalized spacial score (nSPS) is 10.2. The van der Waals surface area contributed by atoms with Gasteiger partial charge in [0.1, 0.15) is 6.61 Å². The first kappa shape index (κ1) is 11.4. The fraction of sp³-hybridized carbons (Fsp3) is 0.231. The summed E-state index contributed by atoms with van der Waals surface area (Å²) >= 11 is 0. The van der Waals surface area contributed by atoms with Gasteiger partial charge in [0, 0.05) is 13.2 Å². The second kappa shape index (κ2) is 5.30. The van der Waals surface area contributed by atoms with E-state index >= 15 is 0 Å². The summed E-state index contributed by atoms with van der Waals surface area (Å²) in [7, 11) is 1.82. The molecule has 0 aliphatic carbocycles. The zero-order chi connectivity index (χ0) is 12.1. The zero-order valence-electron chi connectivity index (χ0n) is 9.67. The molecule has 0 N–H and O–H groups in total. The van der Waals surface area contributed by atoms with Gasteiger partial charge in [-0.2, -0.15) is 5.10 Å². The van der Waals surface area contributed by atoms with Crippen molar-refractivity contribution in [3.05, 3.63) is 53.9 Å². The van der Waals surface area contributed by atoms with E-state index in [-0.39, 0.29) is 12.6 Å². The number of carbonyl (C=O) groups excluding carboxylic acids is 1. The van der Waals surface area contributed by atoms with Crippen LogP contribution in [-0.4, -0.2) is 15.7 Å². The van der Waals surface area contributed by atoms with Crippen LogP contribution in [0.15, 0.2) is 42.6 Å². The van der Waals surface area contributed by atoms with Crippen molar-refractivity contribution < 1.29 is 9.53 Å². The maximum atomic E-state index is 11.6. The van der Waals surface area contributed by atoms with Crippen molar-refractivity contribution >= 4 is 5.97 Å². The van der Waals surface area contributed by atoms with Crippen LogP contribution in [0.5, 0.6) is 0 Å². The van der Waals surface area contributed by atoms with Crippen LogP contribution in [0.4, 0.5) is 0 Å². The minimum atomic E-state index is -0.225. The van der Waals surface area contributed by atoms with Gasteiger partial charge in [-0.15, -0.1) is 0 Å². The first-order valence-electron chi connectivity index (χ1n) is 5.42. The first-order chi connectivity index (χ1) is 8.25. The molecule has 0 atom stereocenters. The highest BCUT2D eigenvalue weighted by Gasteiger charge is 2.06. The number of benzene rings is 1. The quantitative estimate of drug-likeness (QED) is 0.751. The molecule has 0 amide bonds. The summed E-state index contributed by atoms with van der Waals surface area (Å²) in [5.41, 5.74) is 1.84. The van der Waals surface area contributed by atoms with Gasteiger partial charge < -0.3 is 4.74 Å². The van der Waals surface area contributed by atoms with E-state index in [2.05, 4.69) is 5.10 Å². The van der Waals surface area contributed by atoms with Crippen molar-refractivity contribution in [3.63, 3.8) is 0 Å². The minimum Gasteiger partial charge on any atom is -0.459 e. The van der Waals surface area contributed by atoms with Crippen LogP contribution in [0.2, 0.25) is 0 Å². The molecular formula is C13H14N2O2. The number of aromatic nitrogens is 2. The summed E-state index contributed by atoms with van der Waals surface area (Å²) in [6.07, 6.45) is 1.99. The number of nitrogens with zero attached hydrogens (tertiary/aromatic N) is 2. The summed E-state index contributed by atoms with van der Waals surface area (Å²) in [6.45, 7) is 0.266. The highest BCUT2D eigenvalue weighted by Crippen LogP contribution is 2.03. The lowest BCUT2D eigenvalue weighted by atomic mass is 10.2. The maximum Gasteiger partial charge on any atom is 0.310 e. The third kappa shape index (κ3) is 3.17. The van der Waals surface area contributed by atoms with E-state index in [4.69, 9.17) is 4.74 Å². The summed E-state index contributed by atoms with van der Waals surface area (Å²) in [6, 6.07) is 11.4. The van der Waals surface area contributed by atoms with Crippen LogP contribution >= 0.6 is 0 Å². The van der Waals surface area contributed by atoms with E-state index in [1.165, 1.54) is 0 Å². The largest absolute Gasteiger partial charge is 0.459 e. The van der Waals surface area contributed by atoms with Gasteiger partial charge in [0.2, 0.25) is 0 Å². The molecule has 1 aromatic carbocycles. The average Bonchev–Trinajstić information content (AvgIpc) is 2.74. The van der Waals surface area contributed by atoms with E-state index in [0.29, 0.717) is 6.42 Å². The molecular weight excluding hydrogens is 216 g/mol. The molecule has 0 bridgehead atoms. The summed E-state index contributed by atoms with van der Waals surface area (Å²) in [5, 5.41) is 4.00. The molecule has 0 aliphatic heterocycles. The fourth-order valence-corrected chi connectivity index (χ4v) is 1.51. The third-order valence-electron chi connectivity index (χ3n) is 2.49. The van der Waals surface area contributed by atoms with Crippen LogP contribution in [0, 0.1) is 0 Å². The number of esters is 1. The fourth-order valence-electron chi connectivity index (χ4n) is 1.51. The Hall–Kier alpha value is -2.10. The standard InChI is InChI=1S/C13H14N2O2/c1-15-12(7-8-14-15)10-17-13(16)9-11-5-3-2-4-6-11/h2-8H,9-10H2,1H3. The minimum absolute atomic E-state index is 0.225. The molecule has 0 radical (unpaired) electrons. The van der Waals surface area contributed by atoms with E-state index in [1.807, 2.05) is 43.4 Å². The van der Waals surface area contributed by atoms with E-state index in [0.717, 1.165) is 11.3 Å². The van der Waals surface area contributed by atoms with Crippen LogP contribution in [-0.2, 0) is 29.6 Å². The van der Waals surface area contributed by atoms with E-state index in [9.17, 15) is 4.79 Å². The van der Waals surface area contributed by atoms with Gasteiger partial charge in [-0.25, -0.2) is 0 Å². The van der Waals surface area contributed by atoms with Gasteiger partial charge in [-0.3, -0.25) is 9.48 Å². The number of aryl methyl sites for hydroxylation is 1. The Bertz CT molecular complexity index is 491. The number of hydrogen-bond donors (Lipinski definition) is 0. The molecule has 0 saturated carbocycles. The Kier molecular flexibility index (Phi) is 3.55. The van der Waals surface area contributed by atoms with Gasteiger partial charge in [0.15, 0.2) is 0 Å². The number of carbonyl (C=O) groups is 1. The van der Waals surface area contributed by atoms with Gasteiger partial charge in [-0.1, -0.05) is 30.3 Å². The molecule has 0 unspecified atom stereocenters. The lowest BCUT2D eigenvalue weighted by molar-refractivity contribution is -0.144. The Morgan fingerprint density at radius 2 is 2.06 bits per heavy atom. The monoisotopic (exact) mass is 230 g/mol. The lowest BCUT2D eigenvalue weighted by Crippen LogP contribution is -2.10. The molecule has 0 saturated heterocycles. The molecule has 0 fully saturated rings. The molecule has 88 valence electrons. The van der Waals surface area contributed by atoms with E-state index in [1.54, 1.807) is 10.9 Å². The number of hydrogen-bond acceptors (Lipinski definition) is 3. The van der Waals surface area contributed by atoms with Crippen LogP contribution in [0.1, 0.15) is 11.3 Å². The number of rotatable bonds is 4. The van der Waals surface area contributed by atoms with Crippen LogP contribution in [0.25, 0.3) is 0 Å². The van der Waals surface area contributed by atoms with Crippen molar-refractivity contribution in [2.45, 2.75) is 13.0 Å².